The third-order valence-electron chi connectivity index (χ3n) is 3.41. The molecule has 2 unspecified atom stereocenters. The quantitative estimate of drug-likeness (QED) is 0.654. The van der Waals surface area contributed by atoms with Crippen LogP contribution in [0, 0.1) is 5.92 Å². The number of nitrogens with two attached hydrogens (primary N) is 1. The van der Waals surface area contributed by atoms with Gasteiger partial charge in [-0.3, -0.25) is 9.11 Å². The Kier molecular flexibility index (Phi) is 6.47. The number of rotatable bonds is 2. The summed E-state index contributed by atoms with van der Waals surface area (Å²) < 4.78 is 31.6. The maximum Gasteiger partial charge on any atom is 0.394 e. The molecule has 2 atom stereocenters. The van der Waals surface area contributed by atoms with E-state index in [1.807, 2.05) is 0 Å². The van der Waals surface area contributed by atoms with Crippen molar-refractivity contribution in [2.75, 3.05) is 0 Å². The van der Waals surface area contributed by atoms with Crippen LogP contribution < -0.4 is 5.73 Å². The fourth-order valence-corrected chi connectivity index (χ4v) is 2.41. The highest BCUT2D eigenvalue weighted by Gasteiger charge is 2.33. The van der Waals surface area contributed by atoms with E-state index in [0.717, 1.165) is 12.3 Å². The second-order valence-corrected chi connectivity index (χ2v) is 5.28. The van der Waals surface area contributed by atoms with Gasteiger partial charge in [0.1, 0.15) is 0 Å². The van der Waals surface area contributed by atoms with Crippen molar-refractivity contribution in [3.63, 3.8) is 0 Å². The summed E-state index contributed by atoms with van der Waals surface area (Å²) in [6, 6.07) is 0. The van der Waals surface area contributed by atoms with Crippen molar-refractivity contribution < 1.29 is 17.5 Å². The topological polar surface area (TPSA) is 101 Å². The third kappa shape index (κ3) is 6.42. The zero-order valence-corrected chi connectivity index (χ0v) is 10.8. The van der Waals surface area contributed by atoms with Crippen LogP contribution in [0.25, 0.3) is 0 Å². The molecule has 1 aliphatic rings. The Labute approximate surface area is 98.0 Å². The second-order valence-electron chi connectivity index (χ2n) is 4.39. The van der Waals surface area contributed by atoms with Crippen molar-refractivity contribution in [2.24, 2.45) is 11.7 Å². The first-order valence-electron chi connectivity index (χ1n) is 5.71. The third-order valence-corrected chi connectivity index (χ3v) is 3.41. The normalized spacial score (nSPS) is 30.4. The molecule has 0 aromatic carbocycles. The molecular weight excluding hydrogens is 230 g/mol. The van der Waals surface area contributed by atoms with E-state index >= 15 is 0 Å². The van der Waals surface area contributed by atoms with Crippen molar-refractivity contribution in [1.29, 1.82) is 0 Å². The van der Waals surface area contributed by atoms with Gasteiger partial charge in [0.15, 0.2) is 0 Å². The van der Waals surface area contributed by atoms with Gasteiger partial charge in [0, 0.05) is 5.54 Å². The first-order valence-corrected chi connectivity index (χ1v) is 7.11. The molecule has 98 valence electrons. The molecule has 0 spiro atoms. The zero-order chi connectivity index (χ0) is 12.8. The standard InChI is InChI=1S/C10H21N.H2O4S/c1-3-9-7-5-6-8-10(9,11)4-2;1-5(2,3)4/h9H,3-8,11H2,1-2H3;(H2,1,2,3,4). The molecule has 0 heterocycles. The Morgan fingerprint density at radius 3 is 2.12 bits per heavy atom. The van der Waals surface area contributed by atoms with Gasteiger partial charge in [0.05, 0.1) is 0 Å². The molecule has 0 radical (unpaired) electrons. The maximum atomic E-state index is 8.74. The Morgan fingerprint density at radius 2 is 1.81 bits per heavy atom. The molecule has 0 bridgehead atoms. The molecule has 0 aromatic rings. The lowest BCUT2D eigenvalue weighted by molar-refractivity contribution is 0.177. The van der Waals surface area contributed by atoms with Gasteiger partial charge in [0.2, 0.25) is 0 Å². The van der Waals surface area contributed by atoms with Crippen LogP contribution in [0.3, 0.4) is 0 Å². The molecule has 1 aliphatic carbocycles. The molecule has 1 fully saturated rings. The predicted molar refractivity (Wildman–Crippen MR) is 63.6 cm³/mol. The average molecular weight is 253 g/mol. The van der Waals surface area contributed by atoms with Gasteiger partial charge in [-0.05, 0) is 25.2 Å². The molecule has 0 aromatic heterocycles. The van der Waals surface area contributed by atoms with Crippen LogP contribution in [0.1, 0.15) is 52.4 Å². The van der Waals surface area contributed by atoms with Crippen LogP contribution >= 0.6 is 0 Å². The van der Waals surface area contributed by atoms with E-state index in [1.165, 1.54) is 32.1 Å². The minimum Gasteiger partial charge on any atom is -0.325 e. The highest BCUT2D eigenvalue weighted by Crippen LogP contribution is 2.35. The Balaban J connectivity index is 0.000000385. The van der Waals surface area contributed by atoms with Crippen LogP contribution in [-0.2, 0) is 10.4 Å². The maximum absolute atomic E-state index is 8.74. The molecule has 0 saturated heterocycles. The summed E-state index contributed by atoms with van der Waals surface area (Å²) in [4.78, 5) is 0. The molecular formula is C10H23NO4S. The molecule has 5 nitrogen and oxygen atoms in total. The van der Waals surface area contributed by atoms with E-state index < -0.39 is 10.4 Å². The first kappa shape index (κ1) is 15.8. The van der Waals surface area contributed by atoms with E-state index in [-0.39, 0.29) is 5.54 Å². The van der Waals surface area contributed by atoms with E-state index in [9.17, 15) is 0 Å². The number of hydrogen-bond donors (Lipinski definition) is 3. The molecule has 0 aliphatic heterocycles. The largest absolute Gasteiger partial charge is 0.394 e. The number of hydrogen-bond acceptors (Lipinski definition) is 3. The van der Waals surface area contributed by atoms with Crippen molar-refractivity contribution in [1.82, 2.24) is 0 Å². The van der Waals surface area contributed by atoms with Gasteiger partial charge < -0.3 is 5.73 Å². The van der Waals surface area contributed by atoms with Crippen molar-refractivity contribution in [2.45, 2.75) is 57.9 Å². The van der Waals surface area contributed by atoms with Crippen molar-refractivity contribution in [3.8, 4) is 0 Å². The lowest BCUT2D eigenvalue weighted by Gasteiger charge is -2.40. The van der Waals surface area contributed by atoms with Gasteiger partial charge in [-0.15, -0.1) is 0 Å². The Morgan fingerprint density at radius 1 is 1.31 bits per heavy atom. The summed E-state index contributed by atoms with van der Waals surface area (Å²) in [5, 5.41) is 0. The first-order chi connectivity index (χ1) is 7.23. The lowest BCUT2D eigenvalue weighted by atomic mass is 9.71. The molecule has 0 amide bonds. The summed E-state index contributed by atoms with van der Waals surface area (Å²) in [6.45, 7) is 4.50. The molecule has 1 rings (SSSR count). The van der Waals surface area contributed by atoms with Crippen molar-refractivity contribution in [3.05, 3.63) is 0 Å². The van der Waals surface area contributed by atoms with E-state index in [2.05, 4.69) is 13.8 Å². The van der Waals surface area contributed by atoms with Gasteiger partial charge in [-0.25, -0.2) is 0 Å². The Hall–Kier alpha value is -0.170. The fourth-order valence-electron chi connectivity index (χ4n) is 2.41. The van der Waals surface area contributed by atoms with Crippen LogP contribution in [0.15, 0.2) is 0 Å². The smallest absolute Gasteiger partial charge is 0.325 e. The zero-order valence-electron chi connectivity index (χ0n) is 10.0. The van der Waals surface area contributed by atoms with Crippen LogP contribution in [0.5, 0.6) is 0 Å². The average Bonchev–Trinajstić information content (AvgIpc) is 2.16. The minimum absolute atomic E-state index is 0.188. The SMILES string of the molecule is CCC1CCCCC1(N)CC.O=S(=O)(O)O. The molecule has 16 heavy (non-hydrogen) atoms. The monoisotopic (exact) mass is 253 g/mol. The van der Waals surface area contributed by atoms with E-state index in [4.69, 9.17) is 23.3 Å². The summed E-state index contributed by atoms with van der Waals surface area (Å²) in [5.74, 6) is 0.793. The van der Waals surface area contributed by atoms with Crippen LogP contribution in [0.2, 0.25) is 0 Å². The van der Waals surface area contributed by atoms with Gasteiger partial charge in [-0.1, -0.05) is 33.1 Å². The second kappa shape index (κ2) is 6.54. The van der Waals surface area contributed by atoms with Crippen LogP contribution in [-0.4, -0.2) is 23.1 Å². The summed E-state index contributed by atoms with van der Waals surface area (Å²) >= 11 is 0. The summed E-state index contributed by atoms with van der Waals surface area (Å²) in [7, 11) is -4.67. The minimum atomic E-state index is -4.67. The van der Waals surface area contributed by atoms with E-state index in [0.29, 0.717) is 0 Å². The molecule has 6 heteroatoms. The van der Waals surface area contributed by atoms with Crippen LogP contribution in [0.4, 0.5) is 0 Å². The fraction of sp³-hybridized carbons (Fsp3) is 1.00. The molecule has 1 saturated carbocycles. The highest BCUT2D eigenvalue weighted by atomic mass is 32.3. The van der Waals surface area contributed by atoms with E-state index in [1.54, 1.807) is 0 Å². The summed E-state index contributed by atoms with van der Waals surface area (Å²) in [6.07, 6.45) is 7.79. The van der Waals surface area contributed by atoms with Crippen molar-refractivity contribution >= 4 is 10.4 Å². The van der Waals surface area contributed by atoms with Gasteiger partial charge >= 0.3 is 10.4 Å². The predicted octanol–water partition coefficient (Wildman–Crippen LogP) is 2.04. The van der Waals surface area contributed by atoms with Gasteiger partial charge in [-0.2, -0.15) is 8.42 Å². The van der Waals surface area contributed by atoms with Gasteiger partial charge in [0.25, 0.3) is 0 Å². The lowest BCUT2D eigenvalue weighted by Crippen LogP contribution is -2.48. The highest BCUT2D eigenvalue weighted by molar-refractivity contribution is 7.79. The summed E-state index contributed by atoms with van der Waals surface area (Å²) in [5.41, 5.74) is 6.50. The Bertz CT molecular complexity index is 283. The molecule has 4 N–H and O–H groups in total.